The van der Waals surface area contributed by atoms with Crippen molar-refractivity contribution in [3.05, 3.63) is 34.3 Å². The van der Waals surface area contributed by atoms with E-state index in [2.05, 4.69) is 21.2 Å². The number of aliphatic hydroxyl groups is 2. The van der Waals surface area contributed by atoms with Gasteiger partial charge in [-0.15, -0.1) is 0 Å². The van der Waals surface area contributed by atoms with Crippen molar-refractivity contribution in [1.29, 1.82) is 0 Å². The Kier molecular flexibility index (Phi) is 3.64. The van der Waals surface area contributed by atoms with E-state index in [4.69, 9.17) is 0 Å². The summed E-state index contributed by atoms with van der Waals surface area (Å²) in [6, 6.07) is 7.94. The number of β-amino-alcohol motifs (C(OH)–C–C–N with tert-alkyl or cyclic N) is 1. The van der Waals surface area contributed by atoms with E-state index >= 15 is 0 Å². The van der Waals surface area contributed by atoms with Crippen LogP contribution in [0.1, 0.15) is 17.9 Å². The molecule has 1 aliphatic heterocycles. The lowest BCUT2D eigenvalue weighted by molar-refractivity contribution is -0.0486. The number of hydrogen-bond donors (Lipinski definition) is 3. The summed E-state index contributed by atoms with van der Waals surface area (Å²) in [4.78, 5) is 0. The molecule has 0 radical (unpaired) electrons. The minimum Gasteiger partial charge on any atom is -0.393 e. The van der Waals surface area contributed by atoms with Crippen molar-refractivity contribution in [2.24, 2.45) is 0 Å². The lowest BCUT2D eigenvalue weighted by atomic mass is 9.78. The Morgan fingerprint density at radius 3 is 2.69 bits per heavy atom. The normalized spacial score (nSPS) is 30.3. The van der Waals surface area contributed by atoms with Gasteiger partial charge in [-0.1, -0.05) is 28.1 Å². The van der Waals surface area contributed by atoms with Gasteiger partial charge in [-0.2, -0.15) is 0 Å². The van der Waals surface area contributed by atoms with Crippen LogP contribution in [0.4, 0.5) is 0 Å². The number of rotatable bonds is 2. The van der Waals surface area contributed by atoms with E-state index in [-0.39, 0.29) is 12.5 Å². The quantitative estimate of drug-likeness (QED) is 0.767. The Bertz CT molecular complexity index is 355. The molecule has 3 N–H and O–H groups in total. The number of hydrogen-bond acceptors (Lipinski definition) is 3. The fourth-order valence-electron chi connectivity index (χ4n) is 2.28. The summed E-state index contributed by atoms with van der Waals surface area (Å²) in [5, 5.41) is 22.8. The molecule has 2 rings (SSSR count). The van der Waals surface area contributed by atoms with E-state index < -0.39 is 5.60 Å². The van der Waals surface area contributed by atoms with Gasteiger partial charge in [-0.25, -0.2) is 0 Å². The number of aliphatic hydroxyl groups excluding tert-OH is 1. The van der Waals surface area contributed by atoms with Gasteiger partial charge in [-0.05, 0) is 30.7 Å². The van der Waals surface area contributed by atoms with Gasteiger partial charge in [0.05, 0.1) is 6.61 Å². The van der Waals surface area contributed by atoms with Crippen molar-refractivity contribution in [1.82, 2.24) is 5.32 Å². The minimum absolute atomic E-state index is 0.00634. The third-order valence-electron chi connectivity index (χ3n) is 3.24. The molecule has 0 aromatic heterocycles. The molecule has 1 aromatic carbocycles. The Morgan fingerprint density at radius 2 is 2.06 bits per heavy atom. The van der Waals surface area contributed by atoms with Gasteiger partial charge < -0.3 is 15.5 Å². The van der Waals surface area contributed by atoms with Crippen LogP contribution in [0.15, 0.2) is 28.7 Å². The Balaban J connectivity index is 2.26. The fourth-order valence-corrected chi connectivity index (χ4v) is 2.55. The van der Waals surface area contributed by atoms with Crippen LogP contribution in [0.3, 0.4) is 0 Å². The average Bonchev–Trinajstić information content (AvgIpc) is 2.31. The SMILES string of the molecule is OCC1(O)CNCCC1c1ccc(Br)cc1. The first-order valence-electron chi connectivity index (χ1n) is 5.45. The molecule has 0 bridgehead atoms. The van der Waals surface area contributed by atoms with Gasteiger partial charge in [0.1, 0.15) is 5.60 Å². The highest BCUT2D eigenvalue weighted by Gasteiger charge is 2.39. The van der Waals surface area contributed by atoms with E-state index in [9.17, 15) is 10.2 Å². The number of benzene rings is 1. The predicted octanol–water partition coefficient (Wildman–Crippen LogP) is 1.25. The monoisotopic (exact) mass is 285 g/mol. The summed E-state index contributed by atoms with van der Waals surface area (Å²) in [7, 11) is 0. The van der Waals surface area contributed by atoms with Gasteiger partial charge in [-0.3, -0.25) is 0 Å². The first-order chi connectivity index (χ1) is 7.65. The van der Waals surface area contributed by atoms with Crippen molar-refractivity contribution >= 4 is 15.9 Å². The van der Waals surface area contributed by atoms with Crippen molar-refractivity contribution in [3.8, 4) is 0 Å². The smallest absolute Gasteiger partial charge is 0.107 e. The van der Waals surface area contributed by atoms with Crippen LogP contribution in [-0.2, 0) is 0 Å². The van der Waals surface area contributed by atoms with Crippen LogP contribution < -0.4 is 5.32 Å². The van der Waals surface area contributed by atoms with Crippen LogP contribution in [-0.4, -0.2) is 35.5 Å². The van der Waals surface area contributed by atoms with Crippen LogP contribution in [0, 0.1) is 0 Å². The number of nitrogens with one attached hydrogen (secondary N) is 1. The van der Waals surface area contributed by atoms with Crippen molar-refractivity contribution in [2.45, 2.75) is 17.9 Å². The van der Waals surface area contributed by atoms with Crippen molar-refractivity contribution < 1.29 is 10.2 Å². The third kappa shape index (κ3) is 2.30. The molecule has 0 amide bonds. The van der Waals surface area contributed by atoms with Crippen LogP contribution in [0.25, 0.3) is 0 Å². The lowest BCUT2D eigenvalue weighted by Crippen LogP contribution is -2.53. The average molecular weight is 286 g/mol. The van der Waals surface area contributed by atoms with Crippen LogP contribution in [0.5, 0.6) is 0 Å². The van der Waals surface area contributed by atoms with Crippen molar-refractivity contribution in [2.75, 3.05) is 19.7 Å². The molecule has 2 unspecified atom stereocenters. The molecule has 1 saturated heterocycles. The van der Waals surface area contributed by atoms with E-state index in [1.807, 2.05) is 24.3 Å². The number of halogens is 1. The van der Waals surface area contributed by atoms with E-state index in [0.717, 1.165) is 23.0 Å². The largest absolute Gasteiger partial charge is 0.393 e. The molecule has 1 aliphatic rings. The molecule has 0 spiro atoms. The van der Waals surface area contributed by atoms with Crippen LogP contribution >= 0.6 is 15.9 Å². The van der Waals surface area contributed by atoms with Gasteiger partial charge in [0, 0.05) is 16.9 Å². The first kappa shape index (κ1) is 12.0. The molecule has 1 aromatic rings. The van der Waals surface area contributed by atoms with Gasteiger partial charge in [0.2, 0.25) is 0 Å². The van der Waals surface area contributed by atoms with E-state index in [0.29, 0.717) is 6.54 Å². The zero-order valence-corrected chi connectivity index (χ0v) is 10.6. The molecule has 4 heteroatoms. The molecular formula is C12H16BrNO2. The maximum atomic E-state index is 10.3. The highest BCUT2D eigenvalue weighted by molar-refractivity contribution is 9.10. The summed E-state index contributed by atoms with van der Waals surface area (Å²) < 4.78 is 1.03. The molecule has 1 fully saturated rings. The topological polar surface area (TPSA) is 52.5 Å². The zero-order valence-electron chi connectivity index (χ0n) is 8.99. The minimum atomic E-state index is -1.04. The maximum absolute atomic E-state index is 10.3. The summed E-state index contributed by atoms with van der Waals surface area (Å²) in [6.07, 6.45) is 0.846. The maximum Gasteiger partial charge on any atom is 0.107 e. The molecule has 2 atom stereocenters. The summed E-state index contributed by atoms with van der Waals surface area (Å²) in [5.74, 6) is 0.00634. The third-order valence-corrected chi connectivity index (χ3v) is 3.76. The van der Waals surface area contributed by atoms with E-state index in [1.165, 1.54) is 0 Å². The highest BCUT2D eigenvalue weighted by Crippen LogP contribution is 2.33. The first-order valence-corrected chi connectivity index (χ1v) is 6.24. The molecule has 1 heterocycles. The second-order valence-corrected chi connectivity index (χ2v) is 5.25. The lowest BCUT2D eigenvalue weighted by Gasteiger charge is -2.39. The van der Waals surface area contributed by atoms with Gasteiger partial charge in [0.25, 0.3) is 0 Å². The summed E-state index contributed by atoms with van der Waals surface area (Å²) in [5.41, 5.74) is 0.0489. The van der Waals surface area contributed by atoms with E-state index in [1.54, 1.807) is 0 Å². The van der Waals surface area contributed by atoms with Gasteiger partial charge in [0.15, 0.2) is 0 Å². The second-order valence-electron chi connectivity index (χ2n) is 4.33. The van der Waals surface area contributed by atoms with Crippen molar-refractivity contribution in [3.63, 3.8) is 0 Å². The van der Waals surface area contributed by atoms with Crippen LogP contribution in [0.2, 0.25) is 0 Å². The molecule has 3 nitrogen and oxygen atoms in total. The van der Waals surface area contributed by atoms with Gasteiger partial charge >= 0.3 is 0 Å². The molecule has 0 aliphatic carbocycles. The zero-order chi connectivity index (χ0) is 11.6. The Labute approximate surface area is 104 Å². The second kappa shape index (κ2) is 4.84. The number of piperidine rings is 1. The Morgan fingerprint density at radius 1 is 1.38 bits per heavy atom. The molecule has 16 heavy (non-hydrogen) atoms. The highest BCUT2D eigenvalue weighted by atomic mass is 79.9. The molecular weight excluding hydrogens is 270 g/mol. The molecule has 0 saturated carbocycles. The summed E-state index contributed by atoms with van der Waals surface area (Å²) in [6.45, 7) is 1.12. The Hall–Kier alpha value is -0.420. The standard InChI is InChI=1S/C12H16BrNO2/c13-10-3-1-9(2-4-10)11-5-6-14-7-12(11,16)8-15/h1-4,11,14-16H,5-8H2. The fraction of sp³-hybridized carbons (Fsp3) is 0.500. The summed E-state index contributed by atoms with van der Waals surface area (Å²) >= 11 is 3.39. The predicted molar refractivity (Wildman–Crippen MR) is 66.4 cm³/mol. The molecule has 88 valence electrons.